The van der Waals surface area contributed by atoms with E-state index in [4.69, 9.17) is 10.8 Å². The summed E-state index contributed by atoms with van der Waals surface area (Å²) in [5.74, 6) is -8.16. The Balaban J connectivity index is 0.00000256. The lowest BCUT2D eigenvalue weighted by Crippen LogP contribution is -2.37. The molecule has 0 fully saturated rings. The van der Waals surface area contributed by atoms with Gasteiger partial charge in [0.15, 0.2) is 0 Å². The van der Waals surface area contributed by atoms with Gasteiger partial charge in [-0.2, -0.15) is 0 Å². The number of nitrogens with two attached hydrogens (primary N) is 1. The summed E-state index contributed by atoms with van der Waals surface area (Å²) < 4.78 is 64.4. The standard InChI is InChI=1S/C9H8F5NO.ClH/c10-4-1-5(11)7(6(12)2-4)8(15)9(13,14)3-16;/h1-2,8,16H,3,15H2;1H/t8-;/m1./s1. The first-order valence-corrected chi connectivity index (χ1v) is 4.18. The number of benzene rings is 1. The molecule has 1 atom stereocenters. The fourth-order valence-electron chi connectivity index (χ4n) is 1.16. The molecule has 0 aromatic heterocycles. The second kappa shape index (κ2) is 5.61. The predicted molar refractivity (Wildman–Crippen MR) is 52.5 cm³/mol. The minimum Gasteiger partial charge on any atom is -0.390 e. The summed E-state index contributed by atoms with van der Waals surface area (Å²) in [6, 6.07) is -1.89. The Morgan fingerprint density at radius 2 is 1.59 bits per heavy atom. The van der Waals surface area contributed by atoms with E-state index in [1.165, 1.54) is 0 Å². The van der Waals surface area contributed by atoms with Crippen molar-refractivity contribution in [1.29, 1.82) is 0 Å². The number of halogens is 6. The molecule has 0 aliphatic heterocycles. The van der Waals surface area contributed by atoms with Crippen LogP contribution in [-0.2, 0) is 0 Å². The summed E-state index contributed by atoms with van der Waals surface area (Å²) in [5.41, 5.74) is 3.77. The average Bonchev–Trinajstić information content (AvgIpc) is 2.15. The number of aliphatic hydroxyl groups excluding tert-OH is 1. The third-order valence-corrected chi connectivity index (χ3v) is 2.02. The van der Waals surface area contributed by atoms with E-state index in [2.05, 4.69) is 0 Å². The van der Waals surface area contributed by atoms with Crippen LogP contribution in [0.25, 0.3) is 0 Å². The first-order valence-electron chi connectivity index (χ1n) is 4.18. The van der Waals surface area contributed by atoms with Crippen molar-refractivity contribution >= 4 is 12.4 Å². The van der Waals surface area contributed by atoms with Gasteiger partial charge in [0.05, 0.1) is 0 Å². The molecular formula is C9H9ClF5NO. The SMILES string of the molecule is Cl.N[C@H](c1c(F)cc(F)cc1F)C(F)(F)CO. The molecule has 0 unspecified atom stereocenters. The lowest BCUT2D eigenvalue weighted by molar-refractivity contribution is -0.0726. The van der Waals surface area contributed by atoms with Gasteiger partial charge in [-0.15, -0.1) is 12.4 Å². The van der Waals surface area contributed by atoms with E-state index in [0.29, 0.717) is 0 Å². The minimum atomic E-state index is -3.89. The zero-order valence-electron chi connectivity index (χ0n) is 8.26. The summed E-state index contributed by atoms with van der Waals surface area (Å²) in [5, 5.41) is 8.31. The van der Waals surface area contributed by atoms with Crippen molar-refractivity contribution in [2.75, 3.05) is 6.61 Å². The van der Waals surface area contributed by atoms with E-state index >= 15 is 0 Å². The molecule has 0 aliphatic rings. The maximum atomic E-state index is 13.1. The monoisotopic (exact) mass is 277 g/mol. The number of hydrogen-bond acceptors (Lipinski definition) is 2. The molecule has 1 aromatic carbocycles. The lowest BCUT2D eigenvalue weighted by atomic mass is 10.0. The maximum absolute atomic E-state index is 13.1. The molecule has 0 aliphatic carbocycles. The smallest absolute Gasteiger partial charge is 0.289 e. The Morgan fingerprint density at radius 1 is 1.18 bits per heavy atom. The molecule has 3 N–H and O–H groups in total. The highest BCUT2D eigenvalue weighted by atomic mass is 35.5. The van der Waals surface area contributed by atoms with Crippen LogP contribution < -0.4 is 5.73 Å². The topological polar surface area (TPSA) is 46.2 Å². The molecule has 1 rings (SSSR count). The molecule has 0 saturated heterocycles. The van der Waals surface area contributed by atoms with Crippen molar-refractivity contribution in [3.05, 3.63) is 35.1 Å². The van der Waals surface area contributed by atoms with Crippen LogP contribution in [0.5, 0.6) is 0 Å². The molecule has 8 heteroatoms. The average molecular weight is 278 g/mol. The van der Waals surface area contributed by atoms with Gasteiger partial charge in [0, 0.05) is 17.7 Å². The Labute approximate surface area is 99.6 Å². The molecule has 0 spiro atoms. The van der Waals surface area contributed by atoms with Crippen LogP contribution in [0.15, 0.2) is 12.1 Å². The highest BCUT2D eigenvalue weighted by Gasteiger charge is 2.40. The van der Waals surface area contributed by atoms with Crippen LogP contribution in [0.1, 0.15) is 11.6 Å². The van der Waals surface area contributed by atoms with Crippen molar-refractivity contribution in [3.63, 3.8) is 0 Å². The van der Waals surface area contributed by atoms with E-state index < -0.39 is 41.6 Å². The van der Waals surface area contributed by atoms with Gasteiger partial charge in [0.1, 0.15) is 30.1 Å². The zero-order chi connectivity index (χ0) is 12.5. The molecule has 0 saturated carbocycles. The molecule has 0 amide bonds. The van der Waals surface area contributed by atoms with Crippen LogP contribution in [0.3, 0.4) is 0 Å². The Kier molecular flexibility index (Phi) is 5.31. The molecule has 98 valence electrons. The van der Waals surface area contributed by atoms with Crippen molar-refractivity contribution in [2.45, 2.75) is 12.0 Å². The van der Waals surface area contributed by atoms with E-state index in [0.717, 1.165) is 0 Å². The van der Waals surface area contributed by atoms with Crippen LogP contribution in [-0.4, -0.2) is 17.6 Å². The van der Waals surface area contributed by atoms with Crippen LogP contribution in [0, 0.1) is 17.5 Å². The number of aliphatic hydroxyl groups is 1. The fourth-order valence-corrected chi connectivity index (χ4v) is 1.16. The third kappa shape index (κ3) is 3.27. The van der Waals surface area contributed by atoms with Crippen molar-refractivity contribution in [1.82, 2.24) is 0 Å². The fraction of sp³-hybridized carbons (Fsp3) is 0.333. The molecule has 0 bridgehead atoms. The summed E-state index contributed by atoms with van der Waals surface area (Å²) >= 11 is 0. The summed E-state index contributed by atoms with van der Waals surface area (Å²) in [4.78, 5) is 0. The van der Waals surface area contributed by atoms with Crippen LogP contribution in [0.2, 0.25) is 0 Å². The predicted octanol–water partition coefficient (Wildman–Crippen LogP) is 2.15. The normalized spacial score (nSPS) is 13.1. The molecule has 1 aromatic rings. The number of alkyl halides is 2. The van der Waals surface area contributed by atoms with Crippen molar-refractivity contribution in [3.8, 4) is 0 Å². The summed E-state index contributed by atoms with van der Waals surface area (Å²) in [6.07, 6.45) is 0. The van der Waals surface area contributed by atoms with Gasteiger partial charge in [-0.05, 0) is 0 Å². The first kappa shape index (κ1) is 16.1. The summed E-state index contributed by atoms with van der Waals surface area (Å²) in [7, 11) is 0. The molecule has 0 radical (unpaired) electrons. The van der Waals surface area contributed by atoms with Gasteiger partial charge in [-0.3, -0.25) is 0 Å². The van der Waals surface area contributed by atoms with E-state index in [9.17, 15) is 22.0 Å². The lowest BCUT2D eigenvalue weighted by Gasteiger charge is -2.22. The molecular weight excluding hydrogens is 269 g/mol. The second-order valence-corrected chi connectivity index (χ2v) is 3.18. The number of rotatable bonds is 3. The second-order valence-electron chi connectivity index (χ2n) is 3.18. The van der Waals surface area contributed by atoms with Crippen LogP contribution in [0.4, 0.5) is 22.0 Å². The quantitative estimate of drug-likeness (QED) is 0.832. The van der Waals surface area contributed by atoms with Gasteiger partial charge < -0.3 is 10.8 Å². The van der Waals surface area contributed by atoms with Gasteiger partial charge in [0.2, 0.25) is 0 Å². The zero-order valence-corrected chi connectivity index (χ0v) is 9.08. The Morgan fingerprint density at radius 3 is 1.94 bits per heavy atom. The van der Waals surface area contributed by atoms with Gasteiger partial charge in [-0.25, -0.2) is 22.0 Å². The van der Waals surface area contributed by atoms with E-state index in [1.54, 1.807) is 0 Å². The van der Waals surface area contributed by atoms with E-state index in [1.807, 2.05) is 0 Å². The maximum Gasteiger partial charge on any atom is 0.289 e. The summed E-state index contributed by atoms with van der Waals surface area (Å²) in [6.45, 7) is -1.66. The van der Waals surface area contributed by atoms with Gasteiger partial charge >= 0.3 is 0 Å². The van der Waals surface area contributed by atoms with E-state index in [-0.39, 0.29) is 24.5 Å². The molecule has 0 heterocycles. The first-order chi connectivity index (χ1) is 7.29. The van der Waals surface area contributed by atoms with Crippen LogP contribution >= 0.6 is 12.4 Å². The van der Waals surface area contributed by atoms with Crippen molar-refractivity contribution in [2.24, 2.45) is 5.73 Å². The Hall–Kier alpha value is -0.920. The largest absolute Gasteiger partial charge is 0.390 e. The highest BCUT2D eigenvalue weighted by Crippen LogP contribution is 2.32. The molecule has 17 heavy (non-hydrogen) atoms. The van der Waals surface area contributed by atoms with Gasteiger partial charge in [0.25, 0.3) is 5.92 Å². The minimum absolute atomic E-state index is 0. The van der Waals surface area contributed by atoms with Crippen molar-refractivity contribution < 1.29 is 27.1 Å². The molecule has 2 nitrogen and oxygen atoms in total. The highest BCUT2D eigenvalue weighted by molar-refractivity contribution is 5.85. The third-order valence-electron chi connectivity index (χ3n) is 2.02. The Bertz CT molecular complexity index is 378. The number of hydrogen-bond donors (Lipinski definition) is 2. The van der Waals surface area contributed by atoms with Gasteiger partial charge in [-0.1, -0.05) is 0 Å².